The Morgan fingerprint density at radius 3 is 2.80 bits per heavy atom. The minimum absolute atomic E-state index is 0.0147. The van der Waals surface area contributed by atoms with Crippen LogP contribution in [0.5, 0.6) is 0 Å². The molecule has 20 heavy (non-hydrogen) atoms. The average Bonchev–Trinajstić information content (AvgIpc) is 3.15. The summed E-state index contributed by atoms with van der Waals surface area (Å²) in [6, 6.07) is 0. The number of unbranched alkanes of at least 4 members (excludes halogenated alkanes) is 1. The Morgan fingerprint density at radius 1 is 1.40 bits per heavy atom. The van der Waals surface area contributed by atoms with Crippen molar-refractivity contribution in [2.24, 2.45) is 23.7 Å². The van der Waals surface area contributed by atoms with Gasteiger partial charge < -0.3 is 4.74 Å². The Kier molecular flexibility index (Phi) is 5.29. The Morgan fingerprint density at radius 2 is 2.15 bits per heavy atom. The van der Waals surface area contributed by atoms with Crippen LogP contribution in [-0.4, -0.2) is 12.1 Å². The van der Waals surface area contributed by atoms with E-state index in [4.69, 9.17) is 4.74 Å². The molecule has 0 spiro atoms. The summed E-state index contributed by atoms with van der Waals surface area (Å²) in [5.41, 5.74) is 1.31. The highest BCUT2D eigenvalue weighted by Gasteiger charge is 2.38. The molecule has 1 saturated carbocycles. The van der Waals surface area contributed by atoms with Crippen molar-refractivity contribution >= 4 is 5.97 Å². The highest BCUT2D eigenvalue weighted by atomic mass is 16.5. The molecule has 2 aliphatic carbocycles. The van der Waals surface area contributed by atoms with Gasteiger partial charge in [-0.1, -0.05) is 52.2 Å². The lowest BCUT2D eigenvalue weighted by Gasteiger charge is -2.36. The van der Waals surface area contributed by atoms with Gasteiger partial charge in [-0.2, -0.15) is 0 Å². The molecule has 0 N–H and O–H groups in total. The second-order valence-electron chi connectivity index (χ2n) is 7.12. The second-order valence-corrected chi connectivity index (χ2v) is 7.12. The molecule has 0 aliphatic heterocycles. The molecule has 1 fully saturated rings. The molecule has 0 aromatic heterocycles. The molecule has 0 unspecified atom stereocenters. The first-order valence-corrected chi connectivity index (χ1v) is 8.44. The number of hydrogen-bond acceptors (Lipinski definition) is 2. The summed E-state index contributed by atoms with van der Waals surface area (Å²) in [5, 5.41) is 0. The van der Waals surface area contributed by atoms with Crippen LogP contribution in [0.2, 0.25) is 0 Å². The van der Waals surface area contributed by atoms with Crippen LogP contribution in [0.4, 0.5) is 0 Å². The van der Waals surface area contributed by atoms with E-state index in [9.17, 15) is 4.79 Å². The van der Waals surface area contributed by atoms with Gasteiger partial charge in [0.05, 0.1) is 5.92 Å². The van der Waals surface area contributed by atoms with Crippen molar-refractivity contribution in [3.05, 3.63) is 11.6 Å². The molecular formula is C18H30O2. The topological polar surface area (TPSA) is 26.3 Å². The number of carbonyl (C=O) groups excluding carboxylic acids is 1. The van der Waals surface area contributed by atoms with E-state index in [2.05, 4.69) is 33.8 Å². The molecule has 0 amide bonds. The van der Waals surface area contributed by atoms with Crippen molar-refractivity contribution in [2.75, 3.05) is 0 Å². The number of hydrogen-bond donors (Lipinski definition) is 0. The average molecular weight is 278 g/mol. The number of esters is 1. The fourth-order valence-electron chi connectivity index (χ4n) is 3.48. The minimum atomic E-state index is 0.0147. The number of rotatable bonds is 6. The summed E-state index contributed by atoms with van der Waals surface area (Å²) in [6.07, 6.45) is 9.22. The molecule has 0 heterocycles. The van der Waals surface area contributed by atoms with Crippen molar-refractivity contribution in [2.45, 2.75) is 72.3 Å². The van der Waals surface area contributed by atoms with Gasteiger partial charge in [-0.05, 0) is 43.4 Å². The highest BCUT2D eigenvalue weighted by molar-refractivity contribution is 5.83. The second kappa shape index (κ2) is 6.78. The molecule has 4 atom stereocenters. The quantitative estimate of drug-likeness (QED) is 0.518. The van der Waals surface area contributed by atoms with Crippen molar-refractivity contribution in [3.8, 4) is 0 Å². The van der Waals surface area contributed by atoms with Crippen LogP contribution in [0.3, 0.4) is 0 Å². The fraction of sp³-hybridized carbons (Fsp3) is 0.833. The third-order valence-electron chi connectivity index (χ3n) is 4.97. The predicted molar refractivity (Wildman–Crippen MR) is 82.3 cm³/mol. The van der Waals surface area contributed by atoms with Crippen molar-refractivity contribution < 1.29 is 9.53 Å². The van der Waals surface area contributed by atoms with Crippen LogP contribution in [0.1, 0.15) is 66.2 Å². The van der Waals surface area contributed by atoms with E-state index >= 15 is 0 Å². The molecule has 2 aliphatic rings. The SMILES string of the molecule is CCCCC1=C[C@H]1C(=O)O[C@H]1C[C@@H](C)CC[C@@H]1C(C)C. The summed E-state index contributed by atoms with van der Waals surface area (Å²) >= 11 is 0. The molecule has 0 aromatic carbocycles. The molecule has 0 aromatic rings. The van der Waals surface area contributed by atoms with E-state index in [1.807, 2.05) is 0 Å². The van der Waals surface area contributed by atoms with E-state index in [-0.39, 0.29) is 18.0 Å². The molecule has 0 radical (unpaired) electrons. The number of ether oxygens (including phenoxy) is 1. The lowest BCUT2D eigenvalue weighted by Crippen LogP contribution is -2.36. The summed E-state index contributed by atoms with van der Waals surface area (Å²) in [6.45, 7) is 8.97. The van der Waals surface area contributed by atoms with Crippen LogP contribution in [0, 0.1) is 23.7 Å². The maximum atomic E-state index is 12.2. The van der Waals surface area contributed by atoms with Crippen LogP contribution in [-0.2, 0) is 9.53 Å². The molecular weight excluding hydrogens is 248 g/mol. The Hall–Kier alpha value is -0.790. The third kappa shape index (κ3) is 3.86. The Bertz CT molecular complexity index is 370. The van der Waals surface area contributed by atoms with Crippen LogP contribution < -0.4 is 0 Å². The number of carbonyl (C=O) groups is 1. The van der Waals surface area contributed by atoms with Crippen LogP contribution in [0.15, 0.2) is 11.6 Å². The van der Waals surface area contributed by atoms with Crippen LogP contribution >= 0.6 is 0 Å². The van der Waals surface area contributed by atoms with Gasteiger partial charge in [-0.3, -0.25) is 4.79 Å². The van der Waals surface area contributed by atoms with E-state index < -0.39 is 0 Å². The molecule has 2 nitrogen and oxygen atoms in total. The zero-order valence-electron chi connectivity index (χ0n) is 13.5. The molecule has 114 valence electrons. The minimum Gasteiger partial charge on any atom is -0.461 e. The first-order chi connectivity index (χ1) is 9.52. The first kappa shape index (κ1) is 15.6. The van der Waals surface area contributed by atoms with Gasteiger partial charge in [0.2, 0.25) is 0 Å². The predicted octanol–water partition coefficient (Wildman–Crippen LogP) is 4.74. The lowest BCUT2D eigenvalue weighted by atomic mass is 9.75. The molecule has 0 saturated heterocycles. The van der Waals surface area contributed by atoms with E-state index in [1.165, 1.54) is 31.3 Å². The van der Waals surface area contributed by atoms with Gasteiger partial charge >= 0.3 is 5.97 Å². The zero-order chi connectivity index (χ0) is 14.7. The maximum absolute atomic E-state index is 12.2. The normalized spacial score (nSPS) is 33.0. The largest absolute Gasteiger partial charge is 0.461 e. The van der Waals surface area contributed by atoms with Gasteiger partial charge in [0.15, 0.2) is 0 Å². The highest BCUT2D eigenvalue weighted by Crippen LogP contribution is 2.39. The summed E-state index contributed by atoms with van der Waals surface area (Å²) in [4.78, 5) is 12.2. The van der Waals surface area contributed by atoms with Gasteiger partial charge in [0.1, 0.15) is 6.10 Å². The van der Waals surface area contributed by atoms with Gasteiger partial charge in [0, 0.05) is 0 Å². The molecule has 0 bridgehead atoms. The van der Waals surface area contributed by atoms with Gasteiger partial charge in [-0.15, -0.1) is 0 Å². The maximum Gasteiger partial charge on any atom is 0.317 e. The summed E-state index contributed by atoms with van der Waals surface area (Å²) < 4.78 is 5.88. The summed E-state index contributed by atoms with van der Waals surface area (Å²) in [5.74, 6) is 1.88. The summed E-state index contributed by atoms with van der Waals surface area (Å²) in [7, 11) is 0. The van der Waals surface area contributed by atoms with Crippen molar-refractivity contribution in [3.63, 3.8) is 0 Å². The molecule has 2 rings (SSSR count). The zero-order valence-corrected chi connectivity index (χ0v) is 13.5. The van der Waals surface area contributed by atoms with E-state index in [0.29, 0.717) is 17.8 Å². The Labute approximate surface area is 124 Å². The first-order valence-electron chi connectivity index (χ1n) is 8.44. The van der Waals surface area contributed by atoms with Crippen molar-refractivity contribution in [1.82, 2.24) is 0 Å². The van der Waals surface area contributed by atoms with Crippen LogP contribution in [0.25, 0.3) is 0 Å². The lowest BCUT2D eigenvalue weighted by molar-refractivity contribution is -0.156. The van der Waals surface area contributed by atoms with E-state index in [0.717, 1.165) is 12.8 Å². The monoisotopic (exact) mass is 278 g/mol. The third-order valence-corrected chi connectivity index (χ3v) is 4.97. The Balaban J connectivity index is 1.83. The van der Waals surface area contributed by atoms with E-state index in [1.54, 1.807) is 0 Å². The standard InChI is InChI=1S/C18H30O2/c1-5-6-7-14-11-16(14)18(19)20-17-10-13(4)8-9-15(17)12(2)3/h11-13,15-17H,5-10H2,1-4H3/t13-,15+,16+,17-/m0/s1. The smallest absolute Gasteiger partial charge is 0.317 e. The van der Waals surface area contributed by atoms with Gasteiger partial charge in [0.25, 0.3) is 0 Å². The van der Waals surface area contributed by atoms with Gasteiger partial charge in [-0.25, -0.2) is 0 Å². The van der Waals surface area contributed by atoms with Crippen molar-refractivity contribution in [1.29, 1.82) is 0 Å². The molecule has 2 heteroatoms. The fourth-order valence-corrected chi connectivity index (χ4v) is 3.48.